The maximum atomic E-state index is 14.3. The number of primary amides is 1. The minimum Gasteiger partial charge on any atom is -0.508 e. The average Bonchev–Trinajstić information content (AvgIpc) is 2.72. The monoisotopic (exact) mass is 428 g/mol. The van der Waals surface area contributed by atoms with Gasteiger partial charge in [0.05, 0.1) is 18.3 Å². The smallest absolute Gasteiger partial charge is 0.258 e. The molecule has 3 rings (SSSR count). The first-order chi connectivity index (χ1) is 14.7. The highest BCUT2D eigenvalue weighted by Crippen LogP contribution is 2.37. The normalized spacial score (nSPS) is 12.1. The van der Waals surface area contributed by atoms with E-state index >= 15 is 0 Å². The average molecular weight is 428 g/mol. The molecule has 3 aromatic rings. The number of nitrogens with one attached hydrogen (secondary N) is 1. The van der Waals surface area contributed by atoms with Crippen LogP contribution in [0.25, 0.3) is 10.9 Å². The minimum atomic E-state index is -0.824. The number of halogens is 1. The van der Waals surface area contributed by atoms with Crippen molar-refractivity contribution in [1.29, 1.82) is 0 Å². The molecule has 164 valence electrons. The number of fused-ring (bicyclic) bond motifs is 1. The lowest BCUT2D eigenvalue weighted by atomic mass is 10.1. The number of anilines is 2. The third-order valence-electron chi connectivity index (χ3n) is 4.82. The second-order valence-corrected chi connectivity index (χ2v) is 7.57. The molecule has 0 spiro atoms. The number of carbonyl (C=O) groups is 1. The first kappa shape index (κ1) is 22.1. The predicted molar refractivity (Wildman–Crippen MR) is 115 cm³/mol. The van der Waals surface area contributed by atoms with Gasteiger partial charge in [-0.15, -0.1) is 0 Å². The lowest BCUT2D eigenvalue weighted by Crippen LogP contribution is -2.35. The Morgan fingerprint density at radius 1 is 1.26 bits per heavy atom. The number of rotatable bonds is 8. The predicted octanol–water partition coefficient (Wildman–Crippen LogP) is 3.81. The molecule has 0 aliphatic carbocycles. The molecule has 9 heteroatoms. The molecule has 31 heavy (non-hydrogen) atoms. The second-order valence-electron chi connectivity index (χ2n) is 7.57. The molecule has 8 nitrogen and oxygen atoms in total. The van der Waals surface area contributed by atoms with Crippen LogP contribution in [0, 0.1) is 18.7 Å². The van der Waals surface area contributed by atoms with Gasteiger partial charge in [-0.1, -0.05) is 13.8 Å². The number of phenols is 1. The summed E-state index contributed by atoms with van der Waals surface area (Å²) in [5.74, 6) is 0.0109. The number of nitrogens with zero attached hydrogens (tertiary/aromatic N) is 2. The number of hydrogen-bond donors (Lipinski definition) is 3. The largest absolute Gasteiger partial charge is 0.508 e. The first-order valence-electron chi connectivity index (χ1n) is 9.75. The zero-order valence-corrected chi connectivity index (χ0v) is 17.8. The van der Waals surface area contributed by atoms with Gasteiger partial charge in [0, 0.05) is 17.0 Å². The maximum absolute atomic E-state index is 14.3. The third-order valence-corrected chi connectivity index (χ3v) is 4.82. The molecule has 0 saturated carbocycles. The first-order valence-corrected chi connectivity index (χ1v) is 9.75. The molecule has 4 N–H and O–H groups in total. The number of amides is 1. The van der Waals surface area contributed by atoms with Gasteiger partial charge < -0.3 is 25.6 Å². The topological polar surface area (TPSA) is 120 Å². The highest BCUT2D eigenvalue weighted by Gasteiger charge is 2.22. The minimum absolute atomic E-state index is 0.0434. The second kappa shape index (κ2) is 9.03. The lowest BCUT2D eigenvalue weighted by Gasteiger charge is -2.20. The molecule has 0 aliphatic heterocycles. The van der Waals surface area contributed by atoms with Gasteiger partial charge in [0.1, 0.15) is 23.7 Å². The van der Waals surface area contributed by atoms with Gasteiger partial charge in [-0.2, -0.15) is 0 Å². The molecule has 0 radical (unpaired) electrons. The number of carbonyl (C=O) groups excluding carboxylic acids is 1. The van der Waals surface area contributed by atoms with Crippen LogP contribution in [-0.2, 0) is 4.79 Å². The summed E-state index contributed by atoms with van der Waals surface area (Å²) in [6, 6.07) is 5.70. The van der Waals surface area contributed by atoms with E-state index in [1.54, 1.807) is 19.1 Å². The standard InChI is InChI=1S/C22H25FN4O4/c1-11(2)7-19(21(24)29)31-18-9-15-13(8-17(18)30-4)22(26-10-25-15)27-20-12(3)16(28)6-5-14(20)23/h5-6,8-11,19,28H,7H2,1-4H3,(H2,24,29)(H,25,26,27). The van der Waals surface area contributed by atoms with Crippen molar-refractivity contribution in [3.05, 3.63) is 42.0 Å². The third kappa shape index (κ3) is 4.76. The van der Waals surface area contributed by atoms with Crippen LogP contribution in [-0.4, -0.2) is 34.2 Å². The molecule has 1 amide bonds. The number of aromatic hydroxyl groups is 1. The Morgan fingerprint density at radius 2 is 2.00 bits per heavy atom. The van der Waals surface area contributed by atoms with Crippen molar-refractivity contribution < 1.29 is 23.8 Å². The molecule has 0 fully saturated rings. The van der Waals surface area contributed by atoms with E-state index in [4.69, 9.17) is 15.2 Å². The molecular formula is C22H25FN4O4. The fourth-order valence-electron chi connectivity index (χ4n) is 3.16. The van der Waals surface area contributed by atoms with Crippen LogP contribution >= 0.6 is 0 Å². The maximum Gasteiger partial charge on any atom is 0.258 e. The van der Waals surface area contributed by atoms with Crippen LogP contribution in [0.5, 0.6) is 17.2 Å². The van der Waals surface area contributed by atoms with Gasteiger partial charge in [0.2, 0.25) is 0 Å². The molecule has 1 unspecified atom stereocenters. The Labute approximate surface area is 179 Å². The summed E-state index contributed by atoms with van der Waals surface area (Å²) >= 11 is 0. The summed E-state index contributed by atoms with van der Waals surface area (Å²) < 4.78 is 25.6. The summed E-state index contributed by atoms with van der Waals surface area (Å²) in [7, 11) is 1.46. The highest BCUT2D eigenvalue weighted by molar-refractivity contribution is 5.93. The van der Waals surface area contributed by atoms with Crippen molar-refractivity contribution >= 4 is 28.3 Å². The Kier molecular flexibility index (Phi) is 6.43. The SMILES string of the molecule is COc1cc2c(Nc3c(F)ccc(O)c3C)ncnc2cc1OC(CC(C)C)C(N)=O. The Bertz CT molecular complexity index is 1120. The quantitative estimate of drug-likeness (QED) is 0.499. The van der Waals surface area contributed by atoms with Gasteiger partial charge in [-0.3, -0.25) is 4.79 Å². The Hall–Kier alpha value is -3.62. The van der Waals surface area contributed by atoms with Gasteiger partial charge in [0.15, 0.2) is 17.6 Å². The van der Waals surface area contributed by atoms with Crippen molar-refractivity contribution in [2.45, 2.75) is 33.3 Å². The number of aromatic nitrogens is 2. The van der Waals surface area contributed by atoms with Crippen LogP contribution in [0.1, 0.15) is 25.8 Å². The summed E-state index contributed by atoms with van der Waals surface area (Å²) in [5.41, 5.74) is 6.42. The van der Waals surface area contributed by atoms with Gasteiger partial charge in [0.25, 0.3) is 5.91 Å². The fourth-order valence-corrected chi connectivity index (χ4v) is 3.16. The van der Waals surface area contributed by atoms with E-state index in [-0.39, 0.29) is 17.4 Å². The van der Waals surface area contributed by atoms with E-state index < -0.39 is 17.8 Å². The molecule has 0 bridgehead atoms. The number of nitrogens with two attached hydrogens (primary N) is 1. The highest BCUT2D eigenvalue weighted by atomic mass is 19.1. The summed E-state index contributed by atoms with van der Waals surface area (Å²) in [4.78, 5) is 20.3. The molecule has 0 aliphatic rings. The number of phenolic OH excluding ortho intramolecular Hbond substituents is 1. The molecule has 1 heterocycles. The summed E-state index contributed by atoms with van der Waals surface area (Å²) in [6.07, 6.45) is 0.939. The van der Waals surface area contributed by atoms with E-state index in [9.17, 15) is 14.3 Å². The van der Waals surface area contributed by atoms with Crippen molar-refractivity contribution in [2.24, 2.45) is 11.7 Å². The van der Waals surface area contributed by atoms with Crippen molar-refractivity contribution in [3.63, 3.8) is 0 Å². The van der Waals surface area contributed by atoms with Crippen LogP contribution < -0.4 is 20.5 Å². The summed E-state index contributed by atoms with van der Waals surface area (Å²) in [6.45, 7) is 5.52. The van der Waals surface area contributed by atoms with Gasteiger partial charge in [-0.25, -0.2) is 14.4 Å². The van der Waals surface area contributed by atoms with Gasteiger partial charge >= 0.3 is 0 Å². The zero-order valence-electron chi connectivity index (χ0n) is 17.8. The van der Waals surface area contributed by atoms with Crippen molar-refractivity contribution in [1.82, 2.24) is 9.97 Å². The Morgan fingerprint density at radius 3 is 2.65 bits per heavy atom. The van der Waals surface area contributed by atoms with E-state index in [1.165, 1.54) is 25.6 Å². The fraction of sp³-hybridized carbons (Fsp3) is 0.318. The van der Waals surface area contributed by atoms with E-state index in [1.807, 2.05) is 13.8 Å². The van der Waals surface area contributed by atoms with Gasteiger partial charge in [-0.05, 0) is 37.5 Å². The van der Waals surface area contributed by atoms with Crippen molar-refractivity contribution in [3.8, 4) is 17.2 Å². The number of ether oxygens (including phenoxy) is 2. The molecule has 1 aromatic heterocycles. The summed E-state index contributed by atoms with van der Waals surface area (Å²) in [5, 5.41) is 13.4. The van der Waals surface area contributed by atoms with Crippen molar-refractivity contribution in [2.75, 3.05) is 12.4 Å². The van der Waals surface area contributed by atoms with Crippen LogP contribution in [0.2, 0.25) is 0 Å². The van der Waals surface area contributed by atoms with Crippen LogP contribution in [0.3, 0.4) is 0 Å². The molecule has 0 saturated heterocycles. The Balaban J connectivity index is 2.04. The molecule has 1 atom stereocenters. The number of hydrogen-bond acceptors (Lipinski definition) is 7. The van der Waals surface area contributed by atoms with E-state index in [0.717, 1.165) is 0 Å². The van der Waals surface area contributed by atoms with Crippen LogP contribution in [0.15, 0.2) is 30.6 Å². The number of methoxy groups -OCH3 is 1. The lowest BCUT2D eigenvalue weighted by molar-refractivity contribution is -0.125. The van der Waals surface area contributed by atoms with E-state index in [0.29, 0.717) is 40.2 Å². The van der Waals surface area contributed by atoms with Crippen LogP contribution in [0.4, 0.5) is 15.9 Å². The molecular weight excluding hydrogens is 403 g/mol. The molecule has 2 aromatic carbocycles. The zero-order chi connectivity index (χ0) is 22.7. The number of benzene rings is 2. The van der Waals surface area contributed by atoms with E-state index in [2.05, 4.69) is 15.3 Å².